The van der Waals surface area contributed by atoms with Crippen molar-refractivity contribution in [1.82, 2.24) is 10.6 Å². The average Bonchev–Trinajstić information content (AvgIpc) is 2.73. The molecule has 1 aliphatic carbocycles. The van der Waals surface area contributed by atoms with Crippen molar-refractivity contribution in [3.8, 4) is 0 Å². The highest BCUT2D eigenvalue weighted by Gasteiger charge is 2.24. The second-order valence-electron chi connectivity index (χ2n) is 3.92. The van der Waals surface area contributed by atoms with Crippen LogP contribution in [-0.2, 0) is 9.59 Å². The molecule has 5 nitrogen and oxygen atoms in total. The van der Waals surface area contributed by atoms with Crippen molar-refractivity contribution in [3.63, 3.8) is 0 Å². The second kappa shape index (κ2) is 6.75. The van der Waals surface area contributed by atoms with Gasteiger partial charge in [-0.25, -0.2) is 0 Å². The maximum absolute atomic E-state index is 11.4. The van der Waals surface area contributed by atoms with E-state index in [9.17, 15) is 9.59 Å². The standard InChI is InChI=1S/C10H19N3O2S/c1-16-8-3-2-7(4-8)13-10(15)6-12-9(14)5-11/h7-8H,2-6,11H2,1H3,(H,12,14)(H,13,15). The lowest BCUT2D eigenvalue weighted by Gasteiger charge is -2.12. The maximum Gasteiger partial charge on any atom is 0.239 e. The molecular formula is C10H19N3O2S. The Morgan fingerprint density at radius 2 is 2.12 bits per heavy atom. The summed E-state index contributed by atoms with van der Waals surface area (Å²) < 4.78 is 0. The Morgan fingerprint density at radius 1 is 1.38 bits per heavy atom. The van der Waals surface area contributed by atoms with E-state index in [4.69, 9.17) is 5.73 Å². The van der Waals surface area contributed by atoms with Crippen molar-refractivity contribution >= 4 is 23.6 Å². The number of amides is 2. The summed E-state index contributed by atoms with van der Waals surface area (Å²) in [6, 6.07) is 0.264. The van der Waals surface area contributed by atoms with E-state index in [2.05, 4.69) is 16.9 Å². The highest BCUT2D eigenvalue weighted by molar-refractivity contribution is 7.99. The van der Waals surface area contributed by atoms with Gasteiger partial charge in [-0.2, -0.15) is 11.8 Å². The first kappa shape index (κ1) is 13.3. The van der Waals surface area contributed by atoms with Gasteiger partial charge in [0.2, 0.25) is 11.8 Å². The third kappa shape index (κ3) is 4.40. The van der Waals surface area contributed by atoms with Gasteiger partial charge in [0.25, 0.3) is 0 Å². The Labute approximate surface area is 99.9 Å². The zero-order valence-electron chi connectivity index (χ0n) is 9.49. The molecule has 1 saturated carbocycles. The van der Waals surface area contributed by atoms with E-state index in [0.717, 1.165) is 19.3 Å². The molecule has 2 unspecified atom stereocenters. The third-order valence-electron chi connectivity index (χ3n) is 2.71. The van der Waals surface area contributed by atoms with Gasteiger partial charge in [-0.15, -0.1) is 0 Å². The Kier molecular flexibility index (Phi) is 5.62. The topological polar surface area (TPSA) is 84.2 Å². The molecule has 0 bridgehead atoms. The fourth-order valence-corrected chi connectivity index (χ4v) is 2.61. The summed E-state index contributed by atoms with van der Waals surface area (Å²) in [7, 11) is 0. The number of nitrogens with one attached hydrogen (secondary N) is 2. The van der Waals surface area contributed by atoms with Gasteiger partial charge in [-0.1, -0.05) is 0 Å². The summed E-state index contributed by atoms with van der Waals surface area (Å²) >= 11 is 1.85. The van der Waals surface area contributed by atoms with Crippen molar-refractivity contribution in [1.29, 1.82) is 0 Å². The SMILES string of the molecule is CSC1CCC(NC(=O)CNC(=O)CN)C1. The lowest BCUT2D eigenvalue weighted by atomic mass is 10.2. The van der Waals surface area contributed by atoms with Crippen LogP contribution < -0.4 is 16.4 Å². The fourth-order valence-electron chi connectivity index (χ4n) is 1.82. The zero-order valence-corrected chi connectivity index (χ0v) is 10.3. The van der Waals surface area contributed by atoms with Crippen LogP contribution in [0.25, 0.3) is 0 Å². The minimum atomic E-state index is -0.302. The highest BCUT2D eigenvalue weighted by atomic mass is 32.2. The summed E-state index contributed by atoms with van der Waals surface area (Å²) in [6.07, 6.45) is 5.30. The molecule has 16 heavy (non-hydrogen) atoms. The molecule has 0 radical (unpaired) electrons. The Balaban J connectivity index is 2.17. The molecule has 0 heterocycles. The van der Waals surface area contributed by atoms with Gasteiger partial charge >= 0.3 is 0 Å². The van der Waals surface area contributed by atoms with Crippen LogP contribution in [0.4, 0.5) is 0 Å². The monoisotopic (exact) mass is 245 g/mol. The number of carbonyl (C=O) groups excluding carboxylic acids is 2. The van der Waals surface area contributed by atoms with E-state index >= 15 is 0 Å². The Bertz CT molecular complexity index is 260. The predicted octanol–water partition coefficient (Wildman–Crippen LogP) is -0.538. The fraction of sp³-hybridized carbons (Fsp3) is 0.800. The summed E-state index contributed by atoms with van der Waals surface area (Å²) in [6.45, 7) is -0.0538. The van der Waals surface area contributed by atoms with Gasteiger partial charge in [0.05, 0.1) is 13.1 Å². The van der Waals surface area contributed by atoms with Crippen LogP contribution in [0.15, 0.2) is 0 Å². The minimum absolute atomic E-state index is 0.0243. The van der Waals surface area contributed by atoms with Gasteiger partial charge in [0.15, 0.2) is 0 Å². The first-order chi connectivity index (χ1) is 7.65. The van der Waals surface area contributed by atoms with Gasteiger partial charge in [0, 0.05) is 11.3 Å². The first-order valence-electron chi connectivity index (χ1n) is 5.44. The molecule has 4 N–H and O–H groups in total. The zero-order chi connectivity index (χ0) is 12.0. The molecule has 0 aromatic rings. The Morgan fingerprint density at radius 3 is 2.69 bits per heavy atom. The van der Waals surface area contributed by atoms with Gasteiger partial charge < -0.3 is 16.4 Å². The van der Waals surface area contributed by atoms with Crippen molar-refractivity contribution in [2.75, 3.05) is 19.3 Å². The number of carbonyl (C=O) groups is 2. The second-order valence-corrected chi connectivity index (χ2v) is 5.05. The first-order valence-corrected chi connectivity index (χ1v) is 6.73. The third-order valence-corrected chi connectivity index (χ3v) is 3.81. The van der Waals surface area contributed by atoms with Crippen molar-refractivity contribution in [2.45, 2.75) is 30.6 Å². The summed E-state index contributed by atoms with van der Waals surface area (Å²) in [5.41, 5.74) is 5.11. The summed E-state index contributed by atoms with van der Waals surface area (Å²) in [5.74, 6) is -0.433. The molecule has 1 aliphatic rings. The van der Waals surface area contributed by atoms with Crippen LogP contribution in [0, 0.1) is 0 Å². The lowest BCUT2D eigenvalue weighted by Crippen LogP contribution is -2.42. The van der Waals surface area contributed by atoms with Crippen LogP contribution in [-0.4, -0.2) is 42.5 Å². The number of thioether (sulfide) groups is 1. The normalized spacial score (nSPS) is 24.1. The molecule has 6 heteroatoms. The van der Waals surface area contributed by atoms with Crippen LogP contribution in [0.3, 0.4) is 0 Å². The summed E-state index contributed by atoms with van der Waals surface area (Å²) in [5, 5.41) is 6.02. The molecule has 2 atom stereocenters. The number of hydrogen-bond donors (Lipinski definition) is 3. The molecule has 0 aromatic carbocycles. The Hall–Kier alpha value is -0.750. The van der Waals surface area contributed by atoms with Crippen molar-refractivity contribution in [3.05, 3.63) is 0 Å². The van der Waals surface area contributed by atoms with E-state index in [1.807, 2.05) is 11.8 Å². The lowest BCUT2D eigenvalue weighted by molar-refractivity contribution is -0.125. The van der Waals surface area contributed by atoms with E-state index in [1.54, 1.807) is 0 Å². The quantitative estimate of drug-likeness (QED) is 0.607. The minimum Gasteiger partial charge on any atom is -0.352 e. The predicted molar refractivity (Wildman–Crippen MR) is 65.1 cm³/mol. The van der Waals surface area contributed by atoms with Crippen molar-refractivity contribution in [2.24, 2.45) is 5.73 Å². The molecule has 1 fully saturated rings. The van der Waals surface area contributed by atoms with E-state index in [-0.39, 0.29) is 30.9 Å². The summed E-state index contributed by atoms with van der Waals surface area (Å²) in [4.78, 5) is 22.3. The number of nitrogens with two attached hydrogens (primary N) is 1. The highest BCUT2D eigenvalue weighted by Crippen LogP contribution is 2.27. The van der Waals surface area contributed by atoms with Gasteiger partial charge in [-0.05, 0) is 25.5 Å². The molecule has 0 aliphatic heterocycles. The number of hydrogen-bond acceptors (Lipinski definition) is 4. The van der Waals surface area contributed by atoms with E-state index < -0.39 is 0 Å². The molecule has 92 valence electrons. The maximum atomic E-state index is 11.4. The molecule has 0 aromatic heterocycles. The van der Waals surface area contributed by atoms with Crippen molar-refractivity contribution < 1.29 is 9.59 Å². The number of rotatable bonds is 5. The van der Waals surface area contributed by atoms with Crippen LogP contribution in [0.1, 0.15) is 19.3 Å². The van der Waals surface area contributed by atoms with Crippen LogP contribution >= 0.6 is 11.8 Å². The largest absolute Gasteiger partial charge is 0.352 e. The molecule has 1 rings (SSSR count). The molecule has 2 amide bonds. The average molecular weight is 245 g/mol. The molecule has 0 spiro atoms. The molecular weight excluding hydrogens is 226 g/mol. The van der Waals surface area contributed by atoms with E-state index in [1.165, 1.54) is 0 Å². The van der Waals surface area contributed by atoms with Gasteiger partial charge in [0.1, 0.15) is 0 Å². The smallest absolute Gasteiger partial charge is 0.239 e. The van der Waals surface area contributed by atoms with Crippen LogP contribution in [0.5, 0.6) is 0 Å². The van der Waals surface area contributed by atoms with Crippen LogP contribution in [0.2, 0.25) is 0 Å². The molecule has 0 saturated heterocycles. The van der Waals surface area contributed by atoms with E-state index in [0.29, 0.717) is 5.25 Å². The van der Waals surface area contributed by atoms with Gasteiger partial charge in [-0.3, -0.25) is 9.59 Å².